The number of aromatic hydroxyl groups is 1. The van der Waals surface area contributed by atoms with Crippen LogP contribution in [0.25, 0.3) is 11.1 Å². The Morgan fingerprint density at radius 1 is 0.649 bits per heavy atom. The van der Waals surface area contributed by atoms with Crippen molar-refractivity contribution in [2.75, 3.05) is 4.90 Å². The second kappa shape index (κ2) is 8.10. The number of anilines is 2. The van der Waals surface area contributed by atoms with E-state index < -0.39 is 11.5 Å². The molecule has 178 valence electrons. The van der Waals surface area contributed by atoms with Gasteiger partial charge in [-0.05, 0) is 63.2 Å². The Labute approximate surface area is 215 Å². The number of nitrogens with zero attached hydrogens (tertiary/aromatic N) is 1. The summed E-state index contributed by atoms with van der Waals surface area (Å²) in [6.07, 6.45) is -0.421. The van der Waals surface area contributed by atoms with E-state index in [0.717, 1.165) is 50.3 Å². The Kier molecular flexibility index (Phi) is 4.70. The van der Waals surface area contributed by atoms with Crippen LogP contribution in [0.15, 0.2) is 121 Å². The molecule has 0 radical (unpaired) electrons. The highest BCUT2D eigenvalue weighted by Gasteiger charge is 2.52. The van der Waals surface area contributed by atoms with Gasteiger partial charge in [-0.1, -0.05) is 97.1 Å². The van der Waals surface area contributed by atoms with Crippen molar-refractivity contribution in [1.82, 2.24) is 0 Å². The van der Waals surface area contributed by atoms with Crippen molar-refractivity contribution < 1.29 is 14.6 Å². The predicted molar refractivity (Wildman–Crippen MR) is 144 cm³/mol. The molecule has 1 N–H and O–H groups in total. The molecule has 7 rings (SSSR count). The second-order valence-electron chi connectivity index (χ2n) is 9.44. The highest BCUT2D eigenvalue weighted by atomic mass is 16.6. The maximum absolute atomic E-state index is 13.7. The first-order valence-corrected chi connectivity index (χ1v) is 12.3. The summed E-state index contributed by atoms with van der Waals surface area (Å²) in [7, 11) is 0. The van der Waals surface area contributed by atoms with Gasteiger partial charge in [0, 0.05) is 0 Å². The molecule has 1 amide bonds. The summed E-state index contributed by atoms with van der Waals surface area (Å²) in [5.41, 5.74) is 8.18. The van der Waals surface area contributed by atoms with Crippen molar-refractivity contribution in [3.8, 4) is 16.9 Å². The zero-order valence-corrected chi connectivity index (χ0v) is 20.0. The summed E-state index contributed by atoms with van der Waals surface area (Å²) in [5.74, 6) is 0.231. The number of benzene rings is 5. The van der Waals surface area contributed by atoms with Crippen molar-refractivity contribution in [1.29, 1.82) is 0 Å². The molecule has 0 fully saturated rings. The van der Waals surface area contributed by atoms with E-state index in [4.69, 9.17) is 4.74 Å². The minimum Gasteiger partial charge on any atom is -0.508 e. The largest absolute Gasteiger partial charge is 0.508 e. The zero-order chi connectivity index (χ0) is 25.0. The fourth-order valence-corrected chi connectivity index (χ4v) is 6.08. The quantitative estimate of drug-likeness (QED) is 0.278. The number of amides is 1. The second-order valence-corrected chi connectivity index (χ2v) is 9.44. The average molecular weight is 482 g/mol. The SMILES string of the molecule is O=C(OCc1ccccc1)N1c2ccccc2C2(c3ccccc3-c3cc(O)ccc32)c2ccccc21. The summed E-state index contributed by atoms with van der Waals surface area (Å²) < 4.78 is 5.84. The van der Waals surface area contributed by atoms with Gasteiger partial charge in [0.25, 0.3) is 0 Å². The summed E-state index contributed by atoms with van der Waals surface area (Å²) in [5, 5.41) is 10.4. The third-order valence-electron chi connectivity index (χ3n) is 7.51. The van der Waals surface area contributed by atoms with Crippen molar-refractivity contribution in [3.63, 3.8) is 0 Å². The maximum atomic E-state index is 13.7. The molecular formula is C33H23NO3. The summed E-state index contributed by atoms with van der Waals surface area (Å²) in [6, 6.07) is 39.8. The van der Waals surface area contributed by atoms with Crippen LogP contribution in [0.2, 0.25) is 0 Å². The van der Waals surface area contributed by atoms with Gasteiger partial charge in [-0.15, -0.1) is 0 Å². The smallest absolute Gasteiger partial charge is 0.419 e. The maximum Gasteiger partial charge on any atom is 0.419 e. The lowest BCUT2D eigenvalue weighted by atomic mass is 9.65. The molecule has 0 unspecified atom stereocenters. The lowest BCUT2D eigenvalue weighted by Gasteiger charge is -2.43. The van der Waals surface area contributed by atoms with Crippen LogP contribution in [0, 0.1) is 0 Å². The Bertz CT molecular complexity index is 1630. The number of carbonyl (C=O) groups excluding carboxylic acids is 1. The fourth-order valence-electron chi connectivity index (χ4n) is 6.08. The Morgan fingerprint density at radius 2 is 1.22 bits per heavy atom. The highest BCUT2D eigenvalue weighted by Crippen LogP contribution is 2.62. The van der Waals surface area contributed by atoms with Crippen molar-refractivity contribution >= 4 is 17.5 Å². The summed E-state index contributed by atoms with van der Waals surface area (Å²) >= 11 is 0. The van der Waals surface area contributed by atoms with Gasteiger partial charge in [0.2, 0.25) is 0 Å². The van der Waals surface area contributed by atoms with E-state index in [1.54, 1.807) is 11.0 Å². The van der Waals surface area contributed by atoms with Crippen LogP contribution in [0.3, 0.4) is 0 Å². The molecule has 2 aliphatic rings. The number of ether oxygens (including phenoxy) is 1. The van der Waals surface area contributed by atoms with Gasteiger partial charge in [0.15, 0.2) is 0 Å². The molecule has 0 aromatic heterocycles. The van der Waals surface area contributed by atoms with Gasteiger partial charge in [0.1, 0.15) is 12.4 Å². The molecule has 5 aromatic rings. The normalized spacial score (nSPS) is 13.9. The van der Waals surface area contributed by atoms with Crippen LogP contribution in [-0.2, 0) is 16.8 Å². The fraction of sp³-hybridized carbons (Fsp3) is 0.0606. The lowest BCUT2D eigenvalue weighted by Crippen LogP contribution is -2.40. The Morgan fingerprint density at radius 3 is 1.92 bits per heavy atom. The van der Waals surface area contributed by atoms with Crippen LogP contribution in [-0.4, -0.2) is 11.2 Å². The van der Waals surface area contributed by atoms with Crippen LogP contribution >= 0.6 is 0 Å². The van der Waals surface area contributed by atoms with Gasteiger partial charge in [0.05, 0.1) is 16.8 Å². The number of hydrogen-bond donors (Lipinski definition) is 1. The molecular weight excluding hydrogens is 458 g/mol. The van der Waals surface area contributed by atoms with E-state index >= 15 is 0 Å². The van der Waals surface area contributed by atoms with E-state index in [9.17, 15) is 9.90 Å². The molecule has 5 aromatic carbocycles. The number of hydrogen-bond acceptors (Lipinski definition) is 3. The minimum atomic E-state index is -0.636. The van der Waals surface area contributed by atoms with Gasteiger partial charge >= 0.3 is 6.09 Å². The van der Waals surface area contributed by atoms with E-state index in [1.165, 1.54) is 0 Å². The monoisotopic (exact) mass is 481 g/mol. The van der Waals surface area contributed by atoms with E-state index in [2.05, 4.69) is 30.3 Å². The molecule has 4 heteroatoms. The molecule has 0 atom stereocenters. The molecule has 4 nitrogen and oxygen atoms in total. The first-order chi connectivity index (χ1) is 18.2. The number of rotatable bonds is 2. The van der Waals surface area contributed by atoms with E-state index in [-0.39, 0.29) is 12.4 Å². The van der Waals surface area contributed by atoms with Crippen LogP contribution in [0.4, 0.5) is 16.2 Å². The van der Waals surface area contributed by atoms with Gasteiger partial charge < -0.3 is 9.84 Å². The first-order valence-electron chi connectivity index (χ1n) is 12.3. The lowest BCUT2D eigenvalue weighted by molar-refractivity contribution is 0.149. The number of fused-ring (bicyclic) bond motifs is 9. The molecule has 1 aliphatic carbocycles. The number of phenolic OH excluding ortho intramolecular Hbond substituents is 1. The molecule has 0 saturated heterocycles. The first kappa shape index (κ1) is 21.5. The number of para-hydroxylation sites is 2. The van der Waals surface area contributed by atoms with Crippen LogP contribution in [0.5, 0.6) is 5.75 Å². The van der Waals surface area contributed by atoms with Crippen molar-refractivity contribution in [2.45, 2.75) is 12.0 Å². The van der Waals surface area contributed by atoms with Crippen molar-refractivity contribution in [2.24, 2.45) is 0 Å². The third-order valence-corrected chi connectivity index (χ3v) is 7.51. The van der Waals surface area contributed by atoms with E-state index in [0.29, 0.717) is 0 Å². The van der Waals surface area contributed by atoms with Gasteiger partial charge in [-0.2, -0.15) is 0 Å². The molecule has 0 saturated carbocycles. The molecule has 0 bridgehead atoms. The van der Waals surface area contributed by atoms with Crippen LogP contribution in [0.1, 0.15) is 27.8 Å². The minimum absolute atomic E-state index is 0.191. The Balaban J connectivity index is 1.47. The third kappa shape index (κ3) is 2.99. The van der Waals surface area contributed by atoms with E-state index in [1.807, 2.05) is 84.9 Å². The molecule has 1 spiro atoms. The van der Waals surface area contributed by atoms with Gasteiger partial charge in [-0.25, -0.2) is 9.69 Å². The number of carbonyl (C=O) groups is 1. The Hall–Kier alpha value is -4.83. The number of phenols is 1. The molecule has 37 heavy (non-hydrogen) atoms. The zero-order valence-electron chi connectivity index (χ0n) is 20.0. The molecule has 1 heterocycles. The van der Waals surface area contributed by atoms with Crippen LogP contribution < -0.4 is 4.90 Å². The highest BCUT2D eigenvalue weighted by molar-refractivity contribution is 6.03. The standard InChI is InChI=1S/C33H23NO3/c35-23-18-19-27-25(20-23)24-12-4-5-13-26(24)33(27)28-14-6-8-16-30(28)34(31-17-9-7-15-29(31)33)32(36)37-21-22-10-2-1-3-11-22/h1-20,35H,21H2. The van der Waals surface area contributed by atoms with Gasteiger partial charge in [-0.3, -0.25) is 0 Å². The van der Waals surface area contributed by atoms with Crippen molar-refractivity contribution in [3.05, 3.63) is 149 Å². The summed E-state index contributed by atoms with van der Waals surface area (Å²) in [4.78, 5) is 15.4. The summed E-state index contributed by atoms with van der Waals surface area (Å²) in [6.45, 7) is 0.191. The molecule has 1 aliphatic heterocycles. The predicted octanol–water partition coefficient (Wildman–Crippen LogP) is 7.54. The topological polar surface area (TPSA) is 49.8 Å². The average Bonchev–Trinajstić information content (AvgIpc) is 3.23.